The average Bonchev–Trinajstić information content (AvgIpc) is 2.45. The van der Waals surface area contributed by atoms with Crippen LogP contribution in [0.25, 0.3) is 6.08 Å². The first-order valence-electron chi connectivity index (χ1n) is 6.94. The van der Waals surface area contributed by atoms with Crippen LogP contribution in [-0.4, -0.2) is 18.3 Å². The summed E-state index contributed by atoms with van der Waals surface area (Å²) in [6.45, 7) is 0. The van der Waals surface area contributed by atoms with E-state index in [2.05, 4.69) is 4.98 Å². The van der Waals surface area contributed by atoms with Crippen molar-refractivity contribution in [3.05, 3.63) is 23.9 Å². The summed E-state index contributed by atoms with van der Waals surface area (Å²) in [5.74, 6) is 0.0107. The van der Waals surface area contributed by atoms with Crippen LogP contribution in [0.1, 0.15) is 31.2 Å². The molecule has 1 heterocycles. The molecule has 0 atom stereocenters. The third kappa shape index (κ3) is 4.12. The molecular weight excluding hydrogens is 281 g/mol. The molecule has 1 aromatic heterocycles. The van der Waals surface area contributed by atoms with Crippen molar-refractivity contribution in [2.45, 2.75) is 31.9 Å². The number of hydrogen-bond donors (Lipinski definition) is 1. The summed E-state index contributed by atoms with van der Waals surface area (Å²) < 4.78 is 43.0. The van der Waals surface area contributed by atoms with Gasteiger partial charge in [-0.15, -0.1) is 0 Å². The van der Waals surface area contributed by atoms with Crippen LogP contribution in [0.5, 0.6) is 5.75 Å². The van der Waals surface area contributed by atoms with Crippen LogP contribution in [0.2, 0.25) is 0 Å². The van der Waals surface area contributed by atoms with Crippen LogP contribution in [0.3, 0.4) is 0 Å². The van der Waals surface area contributed by atoms with Gasteiger partial charge in [0.2, 0.25) is 0 Å². The number of nitrogens with zero attached hydrogens (tertiary/aromatic N) is 1. The minimum Gasteiger partial charge on any atom is -0.495 e. The monoisotopic (exact) mass is 300 g/mol. The van der Waals surface area contributed by atoms with Crippen LogP contribution in [0.4, 0.5) is 19.0 Å². The second kappa shape index (κ2) is 6.37. The minimum atomic E-state index is -4.06. The molecule has 3 nitrogen and oxygen atoms in total. The van der Waals surface area contributed by atoms with Gasteiger partial charge in [0.25, 0.3) is 0 Å². The molecule has 1 aliphatic rings. The first kappa shape index (κ1) is 15.7. The molecule has 0 radical (unpaired) electrons. The summed E-state index contributed by atoms with van der Waals surface area (Å²) in [6, 6.07) is 1.69. The van der Waals surface area contributed by atoms with Crippen molar-refractivity contribution < 1.29 is 17.9 Å². The van der Waals surface area contributed by atoms with E-state index in [9.17, 15) is 13.2 Å². The highest BCUT2D eigenvalue weighted by molar-refractivity contribution is 5.60. The van der Waals surface area contributed by atoms with E-state index < -0.39 is 12.1 Å². The van der Waals surface area contributed by atoms with E-state index in [1.165, 1.54) is 6.20 Å². The second-order valence-electron chi connectivity index (χ2n) is 5.36. The summed E-state index contributed by atoms with van der Waals surface area (Å²) in [5.41, 5.74) is 6.43. The van der Waals surface area contributed by atoms with Crippen molar-refractivity contribution in [2.24, 2.45) is 11.8 Å². The highest BCUT2D eigenvalue weighted by Gasteiger charge is 2.40. The molecule has 21 heavy (non-hydrogen) atoms. The molecule has 0 unspecified atom stereocenters. The van der Waals surface area contributed by atoms with Crippen molar-refractivity contribution in [1.82, 2.24) is 4.98 Å². The summed E-state index contributed by atoms with van der Waals surface area (Å²) in [7, 11) is 1.54. The van der Waals surface area contributed by atoms with Gasteiger partial charge < -0.3 is 10.5 Å². The highest BCUT2D eigenvalue weighted by atomic mass is 19.4. The zero-order chi connectivity index (χ0) is 15.5. The van der Waals surface area contributed by atoms with Crippen molar-refractivity contribution in [3.63, 3.8) is 0 Å². The molecule has 1 fully saturated rings. The van der Waals surface area contributed by atoms with E-state index >= 15 is 0 Å². The Balaban J connectivity index is 1.99. The molecule has 116 valence electrons. The van der Waals surface area contributed by atoms with Crippen molar-refractivity contribution in [2.75, 3.05) is 12.8 Å². The summed E-state index contributed by atoms with van der Waals surface area (Å²) >= 11 is 0. The normalized spacial score (nSPS) is 23.4. The number of halogens is 3. The van der Waals surface area contributed by atoms with Gasteiger partial charge in [-0.1, -0.05) is 12.2 Å². The largest absolute Gasteiger partial charge is 0.495 e. The molecule has 1 aromatic rings. The molecule has 0 aromatic carbocycles. The zero-order valence-corrected chi connectivity index (χ0v) is 11.9. The molecule has 6 heteroatoms. The van der Waals surface area contributed by atoms with E-state index in [-0.39, 0.29) is 18.8 Å². The Morgan fingerprint density at radius 3 is 2.52 bits per heavy atom. The number of anilines is 1. The lowest BCUT2D eigenvalue weighted by Crippen LogP contribution is -2.27. The standard InChI is InChI=1S/C15H19F3N2O/c1-21-13-9-20-14(19)8-11(13)5-2-10-3-6-12(7-4-10)15(16,17)18/h2,5,8-10,12H,3-4,6-7H2,1H3,(H2,19,20)/b5-2+/t10-,12-. The van der Waals surface area contributed by atoms with Gasteiger partial charge in [0.15, 0.2) is 0 Å². The van der Waals surface area contributed by atoms with Gasteiger partial charge in [-0.25, -0.2) is 4.98 Å². The van der Waals surface area contributed by atoms with E-state index in [1.54, 1.807) is 13.2 Å². The van der Waals surface area contributed by atoms with E-state index in [0.29, 0.717) is 24.4 Å². The molecule has 1 aliphatic carbocycles. The lowest BCUT2D eigenvalue weighted by molar-refractivity contribution is -0.183. The fraction of sp³-hybridized carbons (Fsp3) is 0.533. The molecule has 0 saturated heterocycles. The Bertz CT molecular complexity index is 506. The van der Waals surface area contributed by atoms with Crippen LogP contribution >= 0.6 is 0 Å². The summed E-state index contributed by atoms with van der Waals surface area (Å²) in [5, 5.41) is 0. The number of nitrogen functional groups attached to an aromatic ring is 1. The van der Waals surface area contributed by atoms with Crippen LogP contribution in [0, 0.1) is 11.8 Å². The van der Waals surface area contributed by atoms with Crippen LogP contribution in [0.15, 0.2) is 18.3 Å². The lowest BCUT2D eigenvalue weighted by atomic mass is 9.81. The summed E-state index contributed by atoms with van der Waals surface area (Å²) in [6.07, 6.45) is 2.81. The van der Waals surface area contributed by atoms with Gasteiger partial charge >= 0.3 is 6.18 Å². The van der Waals surface area contributed by atoms with Gasteiger partial charge in [-0.3, -0.25) is 0 Å². The minimum absolute atomic E-state index is 0.169. The third-order valence-electron chi connectivity index (χ3n) is 3.92. The first-order chi connectivity index (χ1) is 9.90. The molecule has 2 N–H and O–H groups in total. The van der Waals surface area contributed by atoms with Gasteiger partial charge in [-0.2, -0.15) is 13.2 Å². The predicted molar refractivity (Wildman–Crippen MR) is 75.7 cm³/mol. The van der Waals surface area contributed by atoms with E-state index in [1.807, 2.05) is 12.2 Å². The molecule has 2 rings (SSSR count). The Morgan fingerprint density at radius 1 is 1.29 bits per heavy atom. The number of methoxy groups -OCH3 is 1. The lowest BCUT2D eigenvalue weighted by Gasteiger charge is -2.28. The molecule has 0 bridgehead atoms. The maximum atomic E-state index is 12.6. The average molecular weight is 300 g/mol. The van der Waals surface area contributed by atoms with Gasteiger partial charge in [-0.05, 0) is 37.7 Å². The van der Waals surface area contributed by atoms with Gasteiger partial charge in [0.1, 0.15) is 11.6 Å². The molecule has 0 spiro atoms. The molecule has 1 saturated carbocycles. The second-order valence-corrected chi connectivity index (χ2v) is 5.36. The van der Waals surface area contributed by atoms with E-state index in [4.69, 9.17) is 10.5 Å². The number of allylic oxidation sites excluding steroid dienone is 1. The van der Waals surface area contributed by atoms with Crippen LogP contribution in [-0.2, 0) is 0 Å². The third-order valence-corrected chi connectivity index (χ3v) is 3.92. The Labute approximate surface area is 122 Å². The highest BCUT2D eigenvalue weighted by Crippen LogP contribution is 2.40. The van der Waals surface area contributed by atoms with Crippen LogP contribution < -0.4 is 10.5 Å². The summed E-state index contributed by atoms with van der Waals surface area (Å²) in [4.78, 5) is 3.94. The molecular formula is C15H19F3N2O. The first-order valence-corrected chi connectivity index (χ1v) is 6.94. The zero-order valence-electron chi connectivity index (χ0n) is 11.9. The van der Waals surface area contributed by atoms with Gasteiger partial charge in [0.05, 0.1) is 19.2 Å². The quantitative estimate of drug-likeness (QED) is 0.916. The number of pyridine rings is 1. The van der Waals surface area contributed by atoms with Crippen molar-refractivity contribution in [1.29, 1.82) is 0 Å². The Morgan fingerprint density at radius 2 is 1.95 bits per heavy atom. The predicted octanol–water partition coefficient (Wildman–Crippen LogP) is 4.05. The fourth-order valence-corrected chi connectivity index (χ4v) is 2.65. The topological polar surface area (TPSA) is 48.1 Å². The molecule has 0 amide bonds. The van der Waals surface area contributed by atoms with Gasteiger partial charge in [0, 0.05) is 5.56 Å². The number of aromatic nitrogens is 1. The molecule has 0 aliphatic heterocycles. The van der Waals surface area contributed by atoms with Crippen molar-refractivity contribution >= 4 is 11.9 Å². The number of nitrogens with two attached hydrogens (primary N) is 1. The SMILES string of the molecule is COc1cnc(N)cc1/C=C/[C@H]1CC[C@H](C(F)(F)F)CC1. The fourth-order valence-electron chi connectivity index (χ4n) is 2.65. The van der Waals surface area contributed by atoms with E-state index in [0.717, 1.165) is 5.56 Å². The smallest absolute Gasteiger partial charge is 0.391 e. The Kier molecular flexibility index (Phi) is 4.75. The maximum absolute atomic E-state index is 12.6. The maximum Gasteiger partial charge on any atom is 0.391 e. The number of ether oxygens (including phenoxy) is 1. The Hall–Kier alpha value is -1.72. The number of rotatable bonds is 3. The number of alkyl halides is 3. The van der Waals surface area contributed by atoms with Crippen molar-refractivity contribution in [3.8, 4) is 5.75 Å². The number of hydrogen-bond acceptors (Lipinski definition) is 3.